The van der Waals surface area contributed by atoms with Crippen LogP contribution in [0, 0.1) is 18.3 Å². The zero-order chi connectivity index (χ0) is 24.2. The van der Waals surface area contributed by atoms with Gasteiger partial charge in [-0.05, 0) is 55.3 Å². The maximum absolute atomic E-state index is 11.8. The first kappa shape index (κ1) is 24.6. The van der Waals surface area contributed by atoms with Gasteiger partial charge in [-0.3, -0.25) is 0 Å². The molecule has 0 aliphatic heterocycles. The number of rotatable bonds is 12. The molecule has 0 fully saturated rings. The van der Waals surface area contributed by atoms with Crippen LogP contribution in [0.4, 0.5) is 16.2 Å². The largest absolute Gasteiger partial charge is 0.447 e. The minimum Gasteiger partial charge on any atom is -0.447 e. The van der Waals surface area contributed by atoms with Crippen molar-refractivity contribution in [3.8, 4) is 17.4 Å². The SMILES string of the molecule is Cc1cc(NC(C)Nc2cccc(CNC(=O)OCCOCCC#N)c2)ccc1-c1cnco1. The van der Waals surface area contributed by atoms with E-state index in [-0.39, 0.29) is 19.4 Å². The summed E-state index contributed by atoms with van der Waals surface area (Å²) in [6.45, 7) is 5.14. The van der Waals surface area contributed by atoms with Gasteiger partial charge in [-0.1, -0.05) is 12.1 Å². The Kier molecular flexibility index (Phi) is 9.31. The van der Waals surface area contributed by atoms with Crippen molar-refractivity contribution in [3.63, 3.8) is 0 Å². The van der Waals surface area contributed by atoms with Crippen LogP contribution in [0.25, 0.3) is 11.3 Å². The number of nitrogens with one attached hydrogen (secondary N) is 3. The van der Waals surface area contributed by atoms with Crippen LogP contribution < -0.4 is 16.0 Å². The number of nitrogens with zero attached hydrogens (tertiary/aromatic N) is 2. The van der Waals surface area contributed by atoms with Gasteiger partial charge in [0.15, 0.2) is 12.2 Å². The highest BCUT2D eigenvalue weighted by Crippen LogP contribution is 2.26. The van der Waals surface area contributed by atoms with Crippen molar-refractivity contribution in [1.29, 1.82) is 5.26 Å². The molecule has 9 heteroatoms. The van der Waals surface area contributed by atoms with Crippen LogP contribution >= 0.6 is 0 Å². The van der Waals surface area contributed by atoms with E-state index in [0.717, 1.165) is 33.8 Å². The Morgan fingerprint density at radius 2 is 1.97 bits per heavy atom. The van der Waals surface area contributed by atoms with Crippen molar-refractivity contribution >= 4 is 17.5 Å². The van der Waals surface area contributed by atoms with Gasteiger partial charge in [0.1, 0.15) is 6.61 Å². The van der Waals surface area contributed by atoms with Gasteiger partial charge in [0, 0.05) is 23.5 Å². The van der Waals surface area contributed by atoms with Gasteiger partial charge < -0.3 is 29.8 Å². The smallest absolute Gasteiger partial charge is 0.407 e. The number of hydrogen-bond acceptors (Lipinski definition) is 8. The summed E-state index contributed by atoms with van der Waals surface area (Å²) in [5.41, 5.74) is 4.94. The molecule has 0 saturated carbocycles. The summed E-state index contributed by atoms with van der Waals surface area (Å²) in [5.74, 6) is 0.744. The molecule has 178 valence electrons. The summed E-state index contributed by atoms with van der Waals surface area (Å²) in [6.07, 6.45) is 2.90. The normalized spacial score (nSPS) is 11.3. The fourth-order valence-corrected chi connectivity index (χ4v) is 3.32. The zero-order valence-corrected chi connectivity index (χ0v) is 19.3. The first-order valence-corrected chi connectivity index (χ1v) is 11.0. The summed E-state index contributed by atoms with van der Waals surface area (Å²) >= 11 is 0. The molecule has 0 saturated heterocycles. The van der Waals surface area contributed by atoms with Crippen molar-refractivity contribution in [2.45, 2.75) is 33.0 Å². The van der Waals surface area contributed by atoms with E-state index >= 15 is 0 Å². The minimum atomic E-state index is -0.513. The number of oxazole rings is 1. The molecule has 2 aromatic carbocycles. The molecule has 3 aromatic rings. The van der Waals surface area contributed by atoms with E-state index in [4.69, 9.17) is 19.2 Å². The highest BCUT2D eigenvalue weighted by Gasteiger charge is 2.09. The number of carbonyl (C=O) groups is 1. The number of carbonyl (C=O) groups excluding carboxylic acids is 1. The standard InChI is InChI=1S/C25H29N5O4/c1-18-13-22(7-8-23(18)24-16-27-17-34-24)30-19(2)29-21-6-3-5-20(14-21)15-28-25(31)33-12-11-32-10-4-9-26/h3,5-8,13-14,16-17,19,29-30H,4,10-12,15H2,1-2H3,(H,28,31). The number of alkyl carbamates (subject to hydrolysis) is 1. The molecule has 1 aromatic heterocycles. The number of ether oxygens (including phenoxy) is 2. The lowest BCUT2D eigenvalue weighted by Gasteiger charge is -2.19. The van der Waals surface area contributed by atoms with E-state index in [1.165, 1.54) is 6.39 Å². The second-order valence-electron chi connectivity index (χ2n) is 7.62. The van der Waals surface area contributed by atoms with Crippen LogP contribution in [-0.4, -0.2) is 37.1 Å². The first-order valence-electron chi connectivity index (χ1n) is 11.0. The number of benzene rings is 2. The van der Waals surface area contributed by atoms with E-state index < -0.39 is 6.09 Å². The first-order chi connectivity index (χ1) is 16.5. The van der Waals surface area contributed by atoms with Crippen LogP contribution in [0.2, 0.25) is 0 Å². The molecule has 34 heavy (non-hydrogen) atoms. The Bertz CT molecular complexity index is 1090. The molecule has 0 aliphatic rings. The highest BCUT2D eigenvalue weighted by molar-refractivity contribution is 5.67. The molecule has 1 amide bonds. The second-order valence-corrected chi connectivity index (χ2v) is 7.62. The van der Waals surface area contributed by atoms with Gasteiger partial charge in [-0.2, -0.15) is 5.26 Å². The number of nitriles is 1. The zero-order valence-electron chi connectivity index (χ0n) is 19.3. The molecule has 0 aliphatic carbocycles. The van der Waals surface area contributed by atoms with Crippen LogP contribution in [0.3, 0.4) is 0 Å². The minimum absolute atomic E-state index is 0.0373. The number of amides is 1. The predicted octanol–water partition coefficient (Wildman–Crippen LogP) is 4.68. The Balaban J connectivity index is 1.44. The third-order valence-corrected chi connectivity index (χ3v) is 4.87. The highest BCUT2D eigenvalue weighted by atomic mass is 16.6. The summed E-state index contributed by atoms with van der Waals surface area (Å²) in [4.78, 5) is 15.8. The monoisotopic (exact) mass is 463 g/mol. The molecular formula is C25H29N5O4. The lowest BCUT2D eigenvalue weighted by atomic mass is 10.1. The maximum Gasteiger partial charge on any atom is 0.407 e. The number of anilines is 2. The van der Waals surface area contributed by atoms with Crippen LogP contribution in [0.15, 0.2) is 59.5 Å². The van der Waals surface area contributed by atoms with E-state index in [9.17, 15) is 4.79 Å². The van der Waals surface area contributed by atoms with Crippen LogP contribution in [-0.2, 0) is 16.0 Å². The van der Waals surface area contributed by atoms with Gasteiger partial charge >= 0.3 is 6.09 Å². The Morgan fingerprint density at radius 3 is 2.71 bits per heavy atom. The van der Waals surface area contributed by atoms with Crippen molar-refractivity contribution in [1.82, 2.24) is 10.3 Å². The van der Waals surface area contributed by atoms with Crippen LogP contribution in [0.5, 0.6) is 0 Å². The van der Waals surface area contributed by atoms with E-state index in [2.05, 4.69) is 27.0 Å². The van der Waals surface area contributed by atoms with Crippen molar-refractivity contribution in [2.24, 2.45) is 0 Å². The molecule has 0 spiro atoms. The molecule has 9 nitrogen and oxygen atoms in total. The number of aryl methyl sites for hydroxylation is 1. The second kappa shape index (κ2) is 12.9. The third-order valence-electron chi connectivity index (χ3n) is 4.87. The predicted molar refractivity (Wildman–Crippen MR) is 129 cm³/mol. The van der Waals surface area contributed by atoms with Crippen molar-refractivity contribution in [3.05, 3.63) is 66.2 Å². The van der Waals surface area contributed by atoms with Gasteiger partial charge in [0.05, 0.1) is 38.1 Å². The molecule has 0 bridgehead atoms. The third kappa shape index (κ3) is 7.83. The summed E-state index contributed by atoms with van der Waals surface area (Å²) in [6, 6.07) is 15.9. The topological polar surface area (TPSA) is 121 Å². The molecule has 1 atom stereocenters. The molecular weight excluding hydrogens is 434 g/mol. The molecule has 3 N–H and O–H groups in total. The summed E-state index contributed by atoms with van der Waals surface area (Å²) in [7, 11) is 0. The molecule has 1 heterocycles. The van der Waals surface area contributed by atoms with Crippen molar-refractivity contribution < 1.29 is 18.7 Å². The molecule has 3 rings (SSSR count). The van der Waals surface area contributed by atoms with E-state index in [1.54, 1.807) is 6.20 Å². The lowest BCUT2D eigenvalue weighted by Crippen LogP contribution is -2.26. The Hall–Kier alpha value is -4.03. The lowest BCUT2D eigenvalue weighted by molar-refractivity contribution is 0.0751. The van der Waals surface area contributed by atoms with Crippen molar-refractivity contribution in [2.75, 3.05) is 30.5 Å². The number of aromatic nitrogens is 1. The van der Waals surface area contributed by atoms with Crippen LogP contribution in [0.1, 0.15) is 24.5 Å². The summed E-state index contributed by atoms with van der Waals surface area (Å²) in [5, 5.41) is 18.0. The Morgan fingerprint density at radius 1 is 1.15 bits per heavy atom. The maximum atomic E-state index is 11.8. The Labute approximate surface area is 199 Å². The van der Waals surface area contributed by atoms with Gasteiger partial charge in [-0.15, -0.1) is 0 Å². The molecule has 0 radical (unpaired) electrons. The average Bonchev–Trinajstić information content (AvgIpc) is 3.35. The van der Waals surface area contributed by atoms with E-state index in [1.807, 2.05) is 56.3 Å². The fourth-order valence-electron chi connectivity index (χ4n) is 3.32. The quantitative estimate of drug-likeness (QED) is 0.262. The van der Waals surface area contributed by atoms with E-state index in [0.29, 0.717) is 19.6 Å². The average molecular weight is 464 g/mol. The fraction of sp³-hybridized carbons (Fsp3) is 0.320. The van der Waals surface area contributed by atoms with Gasteiger partial charge in [0.2, 0.25) is 0 Å². The summed E-state index contributed by atoms with van der Waals surface area (Å²) < 4.78 is 15.6. The van der Waals surface area contributed by atoms with Gasteiger partial charge in [-0.25, -0.2) is 9.78 Å². The number of hydrogen-bond donors (Lipinski definition) is 3. The van der Waals surface area contributed by atoms with Gasteiger partial charge in [0.25, 0.3) is 0 Å². The molecule has 1 unspecified atom stereocenters.